The first-order valence-corrected chi connectivity index (χ1v) is 10.1. The van der Waals surface area contributed by atoms with Gasteiger partial charge in [0.1, 0.15) is 11.6 Å². The summed E-state index contributed by atoms with van der Waals surface area (Å²) in [6, 6.07) is 22.0. The minimum Gasteiger partial charge on any atom is -0.508 e. The summed E-state index contributed by atoms with van der Waals surface area (Å²) in [6.07, 6.45) is 1.36. The van der Waals surface area contributed by atoms with Crippen LogP contribution in [0.2, 0.25) is 0 Å². The number of H-pyrrole nitrogens is 1. The molecule has 0 radical (unpaired) electrons. The van der Waals surface area contributed by atoms with Crippen LogP contribution in [0.25, 0.3) is 32.6 Å². The zero-order chi connectivity index (χ0) is 20.7. The number of hydrogen-bond donors (Lipinski definition) is 3. The van der Waals surface area contributed by atoms with E-state index in [2.05, 4.69) is 9.97 Å². The molecule has 30 heavy (non-hydrogen) atoms. The molecule has 0 saturated carbocycles. The van der Waals surface area contributed by atoms with Gasteiger partial charge in [-0.05, 0) is 23.8 Å². The Morgan fingerprint density at radius 3 is 2.33 bits per heavy atom. The minimum atomic E-state index is -0.0497. The molecule has 0 bridgehead atoms. The van der Waals surface area contributed by atoms with E-state index in [9.17, 15) is 15.0 Å². The van der Waals surface area contributed by atoms with Gasteiger partial charge in [-0.3, -0.25) is 4.79 Å². The van der Waals surface area contributed by atoms with Crippen LogP contribution in [0.15, 0.2) is 79.0 Å². The number of aromatic hydroxyl groups is 2. The second-order valence-electron chi connectivity index (χ2n) is 6.88. The molecule has 3 N–H and O–H groups in total. The number of aromatic nitrogens is 2. The molecule has 6 heteroatoms. The maximum absolute atomic E-state index is 13.3. The van der Waals surface area contributed by atoms with E-state index in [0.717, 1.165) is 26.8 Å². The number of nitrogens with one attached hydrogen (secondary N) is 1. The molecule has 3 aromatic carbocycles. The highest BCUT2D eigenvalue weighted by Crippen LogP contribution is 2.41. The predicted molar refractivity (Wildman–Crippen MR) is 118 cm³/mol. The molecule has 2 heterocycles. The number of fused-ring (bicyclic) bond motifs is 1. The van der Waals surface area contributed by atoms with Crippen molar-refractivity contribution in [1.82, 2.24) is 9.97 Å². The number of rotatable bonds is 4. The highest BCUT2D eigenvalue weighted by molar-refractivity contribution is 7.21. The Bertz CT molecular complexity index is 1370. The number of ketones is 1. The lowest BCUT2D eigenvalue weighted by atomic mass is 9.97. The summed E-state index contributed by atoms with van der Waals surface area (Å²) in [7, 11) is 0. The summed E-state index contributed by atoms with van der Waals surface area (Å²) in [5.74, 6) is 0.696. The summed E-state index contributed by atoms with van der Waals surface area (Å²) < 4.78 is 0.851. The van der Waals surface area contributed by atoms with Crippen molar-refractivity contribution in [2.24, 2.45) is 0 Å². The van der Waals surface area contributed by atoms with Crippen molar-refractivity contribution in [2.75, 3.05) is 0 Å². The number of aromatic amines is 1. The van der Waals surface area contributed by atoms with E-state index in [1.807, 2.05) is 48.5 Å². The standard InChI is InChI=1S/C24H16N2O3S/c27-17-10-11-18-19(12-17)30-23(22(29)15-4-2-1-3-5-15)21(18)14-6-8-16(9-7-14)24-25-13-20(28)26-24/h1-13,27-28H,(H,25,26). The highest BCUT2D eigenvalue weighted by atomic mass is 32.1. The summed E-state index contributed by atoms with van der Waals surface area (Å²) in [6.45, 7) is 0. The zero-order valence-corrected chi connectivity index (χ0v) is 16.5. The van der Waals surface area contributed by atoms with Crippen LogP contribution >= 0.6 is 11.3 Å². The topological polar surface area (TPSA) is 86.2 Å². The lowest BCUT2D eigenvalue weighted by Gasteiger charge is -2.06. The quantitative estimate of drug-likeness (QED) is 0.335. The van der Waals surface area contributed by atoms with Gasteiger partial charge in [-0.1, -0.05) is 54.6 Å². The Labute approximate surface area is 175 Å². The summed E-state index contributed by atoms with van der Waals surface area (Å²) in [5, 5.41) is 20.3. The van der Waals surface area contributed by atoms with Crippen LogP contribution in [0.5, 0.6) is 11.6 Å². The summed E-state index contributed by atoms with van der Waals surface area (Å²) >= 11 is 1.38. The van der Waals surface area contributed by atoms with Crippen molar-refractivity contribution >= 4 is 27.2 Å². The Morgan fingerprint density at radius 2 is 1.63 bits per heavy atom. The van der Waals surface area contributed by atoms with Crippen LogP contribution in [-0.4, -0.2) is 26.0 Å². The maximum atomic E-state index is 13.3. The van der Waals surface area contributed by atoms with Gasteiger partial charge in [-0.15, -0.1) is 11.3 Å². The third-order valence-electron chi connectivity index (χ3n) is 4.93. The van der Waals surface area contributed by atoms with Gasteiger partial charge in [-0.2, -0.15) is 0 Å². The molecular weight excluding hydrogens is 396 g/mol. The van der Waals surface area contributed by atoms with Crippen LogP contribution in [0.3, 0.4) is 0 Å². The molecule has 0 atom stereocenters. The van der Waals surface area contributed by atoms with Gasteiger partial charge in [0.25, 0.3) is 0 Å². The fourth-order valence-electron chi connectivity index (χ4n) is 3.51. The molecule has 0 fully saturated rings. The summed E-state index contributed by atoms with van der Waals surface area (Å²) in [4.78, 5) is 20.9. The third kappa shape index (κ3) is 3.13. The SMILES string of the molecule is O=C(c1ccccc1)c1sc2cc(O)ccc2c1-c1ccc(-c2ncc(O)[nH]2)cc1. The number of thiophene rings is 1. The number of benzene rings is 3. The minimum absolute atomic E-state index is 0.00783. The first-order chi connectivity index (χ1) is 14.6. The number of phenols is 1. The van der Waals surface area contributed by atoms with Crippen molar-refractivity contribution in [2.45, 2.75) is 0 Å². The van der Waals surface area contributed by atoms with Gasteiger partial charge in [0.05, 0.1) is 11.1 Å². The zero-order valence-electron chi connectivity index (χ0n) is 15.7. The first kappa shape index (κ1) is 18.1. The van der Waals surface area contributed by atoms with Crippen LogP contribution in [0.4, 0.5) is 0 Å². The Morgan fingerprint density at radius 1 is 0.900 bits per heavy atom. The first-order valence-electron chi connectivity index (χ1n) is 9.30. The number of imidazole rings is 1. The molecule has 0 aliphatic carbocycles. The normalized spacial score (nSPS) is 11.1. The number of hydrogen-bond acceptors (Lipinski definition) is 5. The van der Waals surface area contributed by atoms with Crippen LogP contribution in [0, 0.1) is 0 Å². The average Bonchev–Trinajstić information content (AvgIpc) is 3.37. The molecule has 0 saturated heterocycles. The number of nitrogens with zero attached hydrogens (tertiary/aromatic N) is 1. The van der Waals surface area contributed by atoms with Crippen LogP contribution in [0.1, 0.15) is 15.2 Å². The van der Waals surface area contributed by atoms with E-state index in [-0.39, 0.29) is 17.4 Å². The molecule has 0 unspecified atom stereocenters. The number of carbonyl (C=O) groups excluding carboxylic acids is 1. The lowest BCUT2D eigenvalue weighted by Crippen LogP contribution is -2.00. The van der Waals surface area contributed by atoms with E-state index < -0.39 is 0 Å². The predicted octanol–water partition coefficient (Wildman–Crippen LogP) is 5.60. The fraction of sp³-hybridized carbons (Fsp3) is 0. The van der Waals surface area contributed by atoms with Crippen molar-refractivity contribution < 1.29 is 15.0 Å². The van der Waals surface area contributed by atoms with Gasteiger partial charge in [0, 0.05) is 26.8 Å². The third-order valence-corrected chi connectivity index (χ3v) is 6.08. The van der Waals surface area contributed by atoms with Crippen molar-refractivity contribution in [3.05, 3.63) is 89.4 Å². The smallest absolute Gasteiger partial charge is 0.208 e. The second kappa shape index (κ2) is 7.17. The lowest BCUT2D eigenvalue weighted by molar-refractivity contribution is 0.104. The summed E-state index contributed by atoms with van der Waals surface area (Å²) in [5.41, 5.74) is 3.19. The second-order valence-corrected chi connectivity index (χ2v) is 7.93. The van der Waals surface area contributed by atoms with E-state index >= 15 is 0 Å². The Balaban J connectivity index is 1.66. The Hall–Kier alpha value is -3.90. The van der Waals surface area contributed by atoms with Crippen molar-refractivity contribution in [3.8, 4) is 34.1 Å². The number of carbonyl (C=O) groups is 1. The van der Waals surface area contributed by atoms with Gasteiger partial charge in [0.15, 0.2) is 0 Å². The molecule has 0 spiro atoms. The monoisotopic (exact) mass is 412 g/mol. The molecular formula is C24H16N2O3S. The van der Waals surface area contributed by atoms with Crippen LogP contribution < -0.4 is 0 Å². The number of phenolic OH excluding ortho intramolecular Hbond substituents is 1. The molecule has 0 aliphatic rings. The van der Waals surface area contributed by atoms with Gasteiger partial charge in [-0.25, -0.2) is 4.98 Å². The molecule has 5 rings (SSSR count). The maximum Gasteiger partial charge on any atom is 0.208 e. The highest BCUT2D eigenvalue weighted by Gasteiger charge is 2.21. The molecule has 5 aromatic rings. The van der Waals surface area contributed by atoms with E-state index in [1.165, 1.54) is 17.5 Å². The van der Waals surface area contributed by atoms with Gasteiger partial charge >= 0.3 is 0 Å². The Kier molecular flexibility index (Phi) is 4.34. The van der Waals surface area contributed by atoms with E-state index in [1.54, 1.807) is 24.3 Å². The molecule has 2 aromatic heterocycles. The largest absolute Gasteiger partial charge is 0.508 e. The average molecular weight is 412 g/mol. The molecule has 146 valence electrons. The van der Waals surface area contributed by atoms with E-state index in [0.29, 0.717) is 16.3 Å². The van der Waals surface area contributed by atoms with E-state index in [4.69, 9.17) is 0 Å². The van der Waals surface area contributed by atoms with Gasteiger partial charge < -0.3 is 15.2 Å². The van der Waals surface area contributed by atoms with Crippen LogP contribution in [-0.2, 0) is 0 Å². The van der Waals surface area contributed by atoms with Crippen molar-refractivity contribution in [1.29, 1.82) is 0 Å². The van der Waals surface area contributed by atoms with Gasteiger partial charge in [0.2, 0.25) is 11.7 Å². The molecule has 0 amide bonds. The molecule has 5 nitrogen and oxygen atoms in total. The van der Waals surface area contributed by atoms with Crippen molar-refractivity contribution in [3.63, 3.8) is 0 Å². The fourth-order valence-corrected chi connectivity index (χ4v) is 4.73. The molecule has 0 aliphatic heterocycles.